The van der Waals surface area contributed by atoms with Crippen LogP contribution in [0.3, 0.4) is 0 Å². The van der Waals surface area contributed by atoms with E-state index in [-0.39, 0.29) is 0 Å². The van der Waals surface area contributed by atoms with Crippen LogP contribution in [0, 0.1) is 83.1 Å². The molecule has 28 aromatic rings. The fraction of sp³-hybridized carbons (Fsp3) is 0.0992. The molecule has 0 saturated carbocycles. The molecule has 0 fully saturated rings. The van der Waals surface area contributed by atoms with Crippen LogP contribution < -0.4 is 0 Å². The second kappa shape index (κ2) is 39.4. The summed E-state index contributed by atoms with van der Waals surface area (Å²) in [7, 11) is 0. The zero-order chi connectivity index (χ0) is 92.0. The maximum atomic E-state index is 5.78. The topological polar surface area (TPSA) is 104 Å². The lowest BCUT2D eigenvalue weighted by molar-refractivity contribution is 0.575. The molecule has 13 aromatic heterocycles. The summed E-state index contributed by atoms with van der Waals surface area (Å²) in [5.74, 6) is 1.02. The van der Waals surface area contributed by atoms with Gasteiger partial charge in [0.2, 0.25) is 5.71 Å². The van der Waals surface area contributed by atoms with Crippen LogP contribution in [-0.2, 0) is 0 Å². The van der Waals surface area contributed by atoms with E-state index in [9.17, 15) is 0 Å². The highest BCUT2D eigenvalue weighted by Gasteiger charge is 2.15. The number of hydrogen-bond donors (Lipinski definition) is 0. The van der Waals surface area contributed by atoms with Crippen LogP contribution in [-0.4, -0.2) is 15.0 Å². The molecule has 0 radical (unpaired) electrons. The van der Waals surface area contributed by atoms with Gasteiger partial charge in [-0.15, -0.1) is 56.7 Å². The molecule has 28 rings (SSSR count). The number of rotatable bonds is 0. The van der Waals surface area contributed by atoms with Crippen molar-refractivity contribution in [2.45, 2.75) is 83.1 Å². The number of pyridine rings is 3. The van der Waals surface area contributed by atoms with E-state index in [1.165, 1.54) is 151 Å². The lowest BCUT2D eigenvalue weighted by Gasteiger charge is -1.95. The monoisotopic (exact) mass is 1830 g/mol. The molecule has 0 spiro atoms. The van der Waals surface area contributed by atoms with E-state index in [4.69, 9.17) is 22.1 Å². The van der Waals surface area contributed by atoms with E-state index in [0.29, 0.717) is 0 Å². The van der Waals surface area contributed by atoms with Crippen LogP contribution in [0.4, 0.5) is 0 Å². The molecule has 13 heterocycles. The molecule has 15 aromatic carbocycles. The summed E-state index contributed by atoms with van der Waals surface area (Å²) in [6, 6.07) is 124. The third kappa shape index (κ3) is 18.8. The van der Waals surface area contributed by atoms with Crippen molar-refractivity contribution in [3.8, 4) is 0 Å². The summed E-state index contributed by atoms with van der Waals surface area (Å²) in [4.78, 5) is 14.4. The van der Waals surface area contributed by atoms with Gasteiger partial charge in [-0.2, -0.15) is 0 Å². The lowest BCUT2D eigenvalue weighted by Crippen LogP contribution is -1.78. The summed E-state index contributed by atoms with van der Waals surface area (Å²) in [5.41, 5.74) is 21.6. The van der Waals surface area contributed by atoms with Crippen LogP contribution in [0.15, 0.2) is 392 Å². The first-order chi connectivity index (χ1) is 65.4. The van der Waals surface area contributed by atoms with Gasteiger partial charge in [0.1, 0.15) is 44.8 Å². The molecule has 8 nitrogen and oxygen atoms in total. The summed E-state index contributed by atoms with van der Waals surface area (Å²) < 4.78 is 40.7. The number of benzene rings is 15. The molecular formula is C121H97N3O5S5. The number of para-hydroxylation sites is 6. The van der Waals surface area contributed by atoms with Crippen molar-refractivity contribution < 1.29 is 22.1 Å². The highest BCUT2D eigenvalue weighted by molar-refractivity contribution is 7.27. The van der Waals surface area contributed by atoms with Crippen molar-refractivity contribution in [1.82, 2.24) is 15.0 Å². The van der Waals surface area contributed by atoms with Gasteiger partial charge in [-0.1, -0.05) is 248 Å². The quantitative estimate of drug-likeness (QED) is 0.148. The molecular weight excluding hydrogens is 1740 g/mol. The Hall–Kier alpha value is -14.7. The second-order valence-electron chi connectivity index (χ2n) is 33.7. The van der Waals surface area contributed by atoms with Crippen molar-refractivity contribution in [3.63, 3.8) is 0 Å². The van der Waals surface area contributed by atoms with Crippen molar-refractivity contribution in [2.75, 3.05) is 0 Å². The van der Waals surface area contributed by atoms with Crippen molar-refractivity contribution >= 4 is 246 Å². The van der Waals surface area contributed by atoms with Crippen LogP contribution in [0.1, 0.15) is 66.5 Å². The first-order valence-electron chi connectivity index (χ1n) is 44.9. The Morgan fingerprint density at radius 1 is 0.216 bits per heavy atom. The number of thiophene rings is 5. The molecule has 0 aliphatic rings. The van der Waals surface area contributed by atoms with Gasteiger partial charge in [-0.3, -0.25) is 4.98 Å². The minimum Gasteiger partial charge on any atom is -0.461 e. The SMILES string of the molecule is Cc1cc2c(cn1)oc1ccccc12.Cc1ccc2c(c1)sc1ccccc12.Cc1ccc2oc3ccccc3c2n1.Cc1ccc2sc3ccccc3c2c1.Cc1cccc2c1oc1ccccc12.Cc1cccc2c1sc1ccccc12.Cc1cccc2sc3ccccc3c12.Cc1cnc2oc3ccccc3c2c1.Cc1oc2ccccc2c1C.Cc1sc2ccccc2c1C. The number of furan rings is 5. The Morgan fingerprint density at radius 2 is 0.657 bits per heavy atom. The van der Waals surface area contributed by atoms with E-state index in [2.05, 4.69) is 319 Å². The minimum atomic E-state index is 0.719. The Bertz CT molecular complexity index is 8420. The van der Waals surface area contributed by atoms with Crippen molar-refractivity contribution in [2.24, 2.45) is 0 Å². The number of hydrogen-bond acceptors (Lipinski definition) is 13. The van der Waals surface area contributed by atoms with Gasteiger partial charge in [0, 0.05) is 151 Å². The standard InChI is InChI=1S/C13H10O.4C13H10S.3C12H9NO.C10H10O.C10H10S/c2*1-9-5-4-7-11-10-6-2-3-8-12(10)14-13(9)11;1-9-5-4-8-12-13(9)10-6-2-3-7-11(10)14-12;1-9-6-7-13-11(8-9)10-4-2-3-5-12(10)14-13;1-9-6-7-11-10-4-2-3-5-12(10)14-13(11)8-9;1-8-6-10-9-4-2-3-5-11(9)14-12(10)7-13-8;1-8-6-10-9-4-2-3-5-11(9)14-12(10)13-7-8;1-8-6-7-11-12(13-8)9-4-2-3-5-10(9)14-11;2*1-7-8(2)11-10-6-4-3-5-9(7)10/h5*2-8H,1H3;3*2-7H,1H3;2*3-6H,1-2H3. The molecule has 656 valence electrons. The van der Waals surface area contributed by atoms with Gasteiger partial charge in [-0.05, 0) is 243 Å². The number of fused-ring (bicyclic) bond motifs is 26. The molecule has 134 heavy (non-hydrogen) atoms. The third-order valence-corrected chi connectivity index (χ3v) is 30.1. The molecule has 0 saturated heterocycles. The van der Waals surface area contributed by atoms with E-state index in [1.807, 2.05) is 200 Å². The predicted octanol–water partition coefficient (Wildman–Crippen LogP) is 37.8. The second-order valence-corrected chi connectivity index (χ2v) is 39.2. The average molecular weight is 1830 g/mol. The zero-order valence-electron chi connectivity index (χ0n) is 76.6. The summed E-state index contributed by atoms with van der Waals surface area (Å²) >= 11 is 9.39. The van der Waals surface area contributed by atoms with E-state index in [1.54, 1.807) is 6.20 Å². The van der Waals surface area contributed by atoms with Crippen molar-refractivity contribution in [3.05, 3.63) is 437 Å². The number of nitrogens with zero attached hydrogens (tertiary/aromatic N) is 3. The van der Waals surface area contributed by atoms with Gasteiger partial charge in [-0.25, -0.2) is 9.97 Å². The first-order valence-corrected chi connectivity index (χ1v) is 49.0. The largest absolute Gasteiger partial charge is 0.461 e. The molecule has 0 aliphatic carbocycles. The van der Waals surface area contributed by atoms with E-state index in [0.717, 1.165) is 106 Å². The number of aromatic nitrogens is 3. The van der Waals surface area contributed by atoms with Crippen LogP contribution in [0.25, 0.3) is 190 Å². The first kappa shape index (κ1) is 88.6. The Kier molecular flexibility index (Phi) is 26.1. The molecule has 13 heteroatoms. The maximum Gasteiger partial charge on any atom is 0.227 e. The van der Waals surface area contributed by atoms with E-state index >= 15 is 0 Å². The summed E-state index contributed by atoms with van der Waals surface area (Å²) in [6.45, 7) is 25.2. The molecule has 0 unspecified atom stereocenters. The minimum absolute atomic E-state index is 0.719. The molecule has 0 bridgehead atoms. The van der Waals surface area contributed by atoms with Gasteiger partial charge in [0.15, 0.2) is 11.2 Å². The Balaban J connectivity index is 0.0000000959. The Morgan fingerprint density at radius 3 is 1.32 bits per heavy atom. The van der Waals surface area contributed by atoms with Crippen LogP contribution >= 0.6 is 56.7 Å². The summed E-state index contributed by atoms with van der Waals surface area (Å²) in [6.07, 6.45) is 3.61. The maximum absolute atomic E-state index is 5.78. The van der Waals surface area contributed by atoms with Gasteiger partial charge < -0.3 is 22.1 Å². The molecule has 0 atom stereocenters. The third-order valence-electron chi connectivity index (χ3n) is 24.2. The lowest BCUT2D eigenvalue weighted by atomic mass is 10.1. The molecule has 0 aliphatic heterocycles. The van der Waals surface area contributed by atoms with Gasteiger partial charge >= 0.3 is 0 Å². The fourth-order valence-electron chi connectivity index (χ4n) is 17.1. The molecule has 0 amide bonds. The fourth-order valence-corrected chi connectivity index (χ4v) is 22.8. The van der Waals surface area contributed by atoms with Gasteiger partial charge in [0.25, 0.3) is 0 Å². The van der Waals surface area contributed by atoms with Crippen molar-refractivity contribution in [1.29, 1.82) is 0 Å². The van der Waals surface area contributed by atoms with Crippen LogP contribution in [0.5, 0.6) is 0 Å². The van der Waals surface area contributed by atoms with E-state index < -0.39 is 0 Å². The highest BCUT2D eigenvalue weighted by atomic mass is 32.1. The zero-order valence-corrected chi connectivity index (χ0v) is 80.7. The Labute approximate surface area is 796 Å². The van der Waals surface area contributed by atoms with Crippen LogP contribution in [0.2, 0.25) is 0 Å². The highest BCUT2D eigenvalue weighted by Crippen LogP contribution is 2.41. The normalized spacial score (nSPS) is 11.1. The number of aryl methyl sites for hydroxylation is 12. The van der Waals surface area contributed by atoms with Gasteiger partial charge in [0.05, 0.1) is 6.20 Å². The smallest absolute Gasteiger partial charge is 0.227 e. The molecule has 0 N–H and O–H groups in total. The predicted molar refractivity (Wildman–Crippen MR) is 580 cm³/mol. The summed E-state index contributed by atoms with van der Waals surface area (Å²) in [5, 5.41) is 21.8. The average Bonchev–Trinajstić information content (AvgIpc) is 1.63.